The molecule has 2 aliphatic rings. The number of ether oxygens (including phenoxy) is 4. The van der Waals surface area contributed by atoms with Gasteiger partial charge in [-0.3, -0.25) is 4.79 Å². The molecule has 16 nitrogen and oxygen atoms in total. The smallest absolute Gasteiger partial charge is 0.335 e. The number of hydrogen-bond donors (Lipinski definition) is 9. The summed E-state index contributed by atoms with van der Waals surface area (Å²) in [5, 5.41) is 90.2. The number of aliphatic hydroxyl groups is 6. The maximum Gasteiger partial charge on any atom is 0.335 e. The number of phenolic OH excluding ortho intramolecular Hbond substituents is 2. The fraction of sp³-hybridized carbons (Fsp3) is 0.407. The fourth-order valence-electron chi connectivity index (χ4n) is 4.75. The van der Waals surface area contributed by atoms with Gasteiger partial charge in [0, 0.05) is 17.7 Å². The Labute approximate surface area is 240 Å². The molecule has 0 amide bonds. The molecule has 2 fully saturated rings. The van der Waals surface area contributed by atoms with E-state index in [4.69, 9.17) is 23.4 Å². The number of carbonyl (C=O) groups is 1. The van der Waals surface area contributed by atoms with Gasteiger partial charge in [-0.15, -0.1) is 0 Å². The molecule has 3 aromatic rings. The van der Waals surface area contributed by atoms with Gasteiger partial charge in [0.25, 0.3) is 0 Å². The molecular formula is C27H28O16. The Morgan fingerprint density at radius 2 is 1.40 bits per heavy atom. The van der Waals surface area contributed by atoms with E-state index in [1.54, 1.807) is 0 Å². The Bertz CT molecular complexity index is 1550. The molecule has 0 bridgehead atoms. The summed E-state index contributed by atoms with van der Waals surface area (Å²) in [7, 11) is 0. The molecule has 1 aromatic heterocycles. The van der Waals surface area contributed by atoms with Crippen LogP contribution in [0.25, 0.3) is 22.3 Å². The molecule has 2 aromatic carbocycles. The maximum absolute atomic E-state index is 13.7. The molecule has 43 heavy (non-hydrogen) atoms. The summed E-state index contributed by atoms with van der Waals surface area (Å²) in [6.07, 6.45) is -17.3. The molecule has 10 atom stereocenters. The lowest BCUT2D eigenvalue weighted by molar-refractivity contribution is -0.271. The van der Waals surface area contributed by atoms with Crippen molar-refractivity contribution in [2.24, 2.45) is 0 Å². The van der Waals surface area contributed by atoms with Crippen molar-refractivity contribution >= 4 is 16.9 Å². The summed E-state index contributed by atoms with van der Waals surface area (Å²) in [5.41, 5.74) is -1.12. The van der Waals surface area contributed by atoms with E-state index in [9.17, 15) is 55.5 Å². The minimum Gasteiger partial charge on any atom is -0.508 e. The molecule has 0 saturated carbocycles. The number of carboxylic acids is 1. The molecule has 2 aliphatic heterocycles. The Morgan fingerprint density at radius 3 is 2.02 bits per heavy atom. The van der Waals surface area contributed by atoms with Gasteiger partial charge in [-0.1, -0.05) is 0 Å². The predicted octanol–water partition coefficient (Wildman–Crippen LogP) is -1.65. The monoisotopic (exact) mass is 608 g/mol. The van der Waals surface area contributed by atoms with Crippen molar-refractivity contribution in [1.82, 2.24) is 0 Å². The number of carboxylic acid groups (broad SMARTS) is 1. The van der Waals surface area contributed by atoms with Crippen LogP contribution in [-0.2, 0) is 14.3 Å². The van der Waals surface area contributed by atoms with E-state index in [2.05, 4.69) is 0 Å². The van der Waals surface area contributed by atoms with Gasteiger partial charge in [0.15, 0.2) is 11.9 Å². The second-order valence-corrected chi connectivity index (χ2v) is 10.1. The van der Waals surface area contributed by atoms with Crippen LogP contribution in [-0.4, -0.2) is 113 Å². The lowest BCUT2D eigenvalue weighted by atomic mass is 9.99. The van der Waals surface area contributed by atoms with Gasteiger partial charge in [-0.05, 0) is 31.2 Å². The third-order valence-electron chi connectivity index (χ3n) is 7.14. The van der Waals surface area contributed by atoms with E-state index >= 15 is 0 Å². The van der Waals surface area contributed by atoms with Crippen LogP contribution in [0.2, 0.25) is 0 Å². The number of aliphatic carboxylic acids is 1. The second-order valence-electron chi connectivity index (χ2n) is 10.1. The number of aromatic hydroxyl groups is 2. The van der Waals surface area contributed by atoms with E-state index in [0.717, 1.165) is 12.1 Å². The summed E-state index contributed by atoms with van der Waals surface area (Å²) in [6.45, 7) is 1.40. The van der Waals surface area contributed by atoms with Crippen LogP contribution in [0.5, 0.6) is 23.0 Å². The SMILES string of the molecule is CC1OC(Oc2c(-c3ccc(O)cc3)oc3cc(OC4OC(C(=O)O)C(O)C(O)C4O)cc(O)c3c2=O)C(O)C(O)C1O. The third kappa shape index (κ3) is 5.57. The highest BCUT2D eigenvalue weighted by atomic mass is 16.7. The molecule has 9 N–H and O–H groups in total. The molecule has 0 aliphatic carbocycles. The van der Waals surface area contributed by atoms with Crippen LogP contribution >= 0.6 is 0 Å². The van der Waals surface area contributed by atoms with Crippen LogP contribution in [0.3, 0.4) is 0 Å². The van der Waals surface area contributed by atoms with Crippen LogP contribution in [0.4, 0.5) is 0 Å². The fourth-order valence-corrected chi connectivity index (χ4v) is 4.75. The summed E-state index contributed by atoms with van der Waals surface area (Å²) in [4.78, 5) is 25.1. The Kier molecular flexibility index (Phi) is 8.21. The van der Waals surface area contributed by atoms with E-state index in [0.29, 0.717) is 0 Å². The highest BCUT2D eigenvalue weighted by Crippen LogP contribution is 2.38. The summed E-state index contributed by atoms with van der Waals surface area (Å²) >= 11 is 0. The Morgan fingerprint density at radius 1 is 0.791 bits per heavy atom. The zero-order valence-electron chi connectivity index (χ0n) is 22.1. The van der Waals surface area contributed by atoms with Gasteiger partial charge >= 0.3 is 5.97 Å². The van der Waals surface area contributed by atoms with Crippen molar-refractivity contribution in [2.45, 2.75) is 68.3 Å². The first-order chi connectivity index (χ1) is 20.3. The number of benzene rings is 2. The lowest BCUT2D eigenvalue weighted by Gasteiger charge is -2.38. The first-order valence-corrected chi connectivity index (χ1v) is 12.9. The molecule has 16 heteroatoms. The molecule has 0 spiro atoms. The van der Waals surface area contributed by atoms with E-state index in [-0.39, 0.29) is 28.4 Å². The molecule has 2 saturated heterocycles. The standard InChI is InChI=1S/C27H28O16/c1-8-15(30)17(32)20(35)26(39-8)42-23-16(31)14-12(29)6-11(7-13(14)41-22(23)9-2-4-10(28)5-3-9)40-27-21(36)18(33)19(34)24(43-27)25(37)38/h2-8,15,17-21,24,26-30,32-36H,1H3,(H,37,38). The van der Waals surface area contributed by atoms with Gasteiger partial charge < -0.3 is 69.3 Å². The van der Waals surface area contributed by atoms with E-state index in [1.807, 2.05) is 0 Å². The van der Waals surface area contributed by atoms with Crippen molar-refractivity contribution in [3.8, 4) is 34.3 Å². The van der Waals surface area contributed by atoms with Gasteiger partial charge in [0.05, 0.1) is 6.10 Å². The molecular weight excluding hydrogens is 580 g/mol. The van der Waals surface area contributed by atoms with Crippen LogP contribution in [0.1, 0.15) is 6.92 Å². The highest BCUT2D eigenvalue weighted by Gasteiger charge is 2.48. The Balaban J connectivity index is 1.58. The molecule has 0 radical (unpaired) electrons. The van der Waals surface area contributed by atoms with Gasteiger partial charge in [-0.2, -0.15) is 0 Å². The van der Waals surface area contributed by atoms with E-state index < -0.39 is 89.7 Å². The topological polar surface area (TPSA) is 266 Å². The number of hydrogen-bond acceptors (Lipinski definition) is 15. The highest BCUT2D eigenvalue weighted by molar-refractivity contribution is 5.88. The summed E-state index contributed by atoms with van der Waals surface area (Å²) in [6, 6.07) is 7.25. The van der Waals surface area contributed by atoms with Crippen molar-refractivity contribution in [3.05, 3.63) is 46.6 Å². The minimum absolute atomic E-state index is 0.127. The molecule has 10 unspecified atom stereocenters. The summed E-state index contributed by atoms with van der Waals surface area (Å²) in [5.74, 6) is -3.68. The Hall–Kier alpha value is -4.00. The average Bonchev–Trinajstić information content (AvgIpc) is 2.96. The van der Waals surface area contributed by atoms with Crippen molar-refractivity contribution in [2.75, 3.05) is 0 Å². The second kappa shape index (κ2) is 11.6. The molecule has 3 heterocycles. The van der Waals surface area contributed by atoms with Crippen molar-refractivity contribution in [3.63, 3.8) is 0 Å². The normalized spacial score (nSPS) is 32.8. The third-order valence-corrected chi connectivity index (χ3v) is 7.14. The first-order valence-electron chi connectivity index (χ1n) is 12.9. The van der Waals surface area contributed by atoms with Gasteiger partial charge in [-0.25, -0.2) is 4.79 Å². The zero-order valence-corrected chi connectivity index (χ0v) is 22.1. The predicted molar refractivity (Wildman–Crippen MR) is 139 cm³/mol. The molecule has 232 valence electrons. The van der Waals surface area contributed by atoms with Crippen LogP contribution < -0.4 is 14.9 Å². The number of aliphatic hydroxyl groups excluding tert-OH is 6. The minimum atomic E-state index is -1.97. The zero-order chi connectivity index (χ0) is 31.3. The van der Waals surface area contributed by atoms with Crippen LogP contribution in [0, 0.1) is 0 Å². The van der Waals surface area contributed by atoms with Crippen molar-refractivity contribution in [1.29, 1.82) is 0 Å². The maximum atomic E-state index is 13.7. The average molecular weight is 609 g/mol. The van der Waals surface area contributed by atoms with Gasteiger partial charge in [0.1, 0.15) is 64.8 Å². The quantitative estimate of drug-likeness (QED) is 0.152. The number of fused-ring (bicyclic) bond motifs is 1. The number of phenols is 2. The van der Waals surface area contributed by atoms with E-state index in [1.165, 1.54) is 31.2 Å². The first kappa shape index (κ1) is 30.5. The van der Waals surface area contributed by atoms with Crippen molar-refractivity contribution < 1.29 is 74.1 Å². The van der Waals surface area contributed by atoms with Gasteiger partial charge in [0.2, 0.25) is 23.8 Å². The summed E-state index contributed by atoms with van der Waals surface area (Å²) < 4.78 is 27.6. The lowest BCUT2D eigenvalue weighted by Crippen LogP contribution is -2.61. The molecule has 5 rings (SSSR count). The number of rotatable bonds is 6. The van der Waals surface area contributed by atoms with Crippen LogP contribution in [0.15, 0.2) is 45.6 Å². The largest absolute Gasteiger partial charge is 0.508 e.